The van der Waals surface area contributed by atoms with E-state index in [0.29, 0.717) is 4.90 Å². The van der Waals surface area contributed by atoms with Gasteiger partial charge >= 0.3 is 17.9 Å². The Morgan fingerprint density at radius 1 is 1.12 bits per heavy atom. The van der Waals surface area contributed by atoms with Gasteiger partial charge in [-0.25, -0.2) is 14.6 Å². The summed E-state index contributed by atoms with van der Waals surface area (Å²) in [5.41, 5.74) is -2.23. The Hall–Kier alpha value is -2.42. The number of imide groups is 1. The summed E-state index contributed by atoms with van der Waals surface area (Å²) in [7, 11) is 0. The molecule has 0 fully saturated rings. The van der Waals surface area contributed by atoms with E-state index in [9.17, 15) is 19.7 Å². The predicted molar refractivity (Wildman–Crippen MR) is 90.8 cm³/mol. The van der Waals surface area contributed by atoms with Crippen LogP contribution in [0.5, 0.6) is 0 Å². The Kier molecular flexibility index (Phi) is 5.96. The van der Waals surface area contributed by atoms with Gasteiger partial charge in [0.05, 0.1) is 4.92 Å². The Bertz CT molecular complexity index is 665. The summed E-state index contributed by atoms with van der Waals surface area (Å²) in [6.45, 7) is 9.72. The van der Waals surface area contributed by atoms with Gasteiger partial charge in [0, 0.05) is 6.07 Å². The highest BCUT2D eigenvalue weighted by molar-refractivity contribution is 6.33. The molecular formula is C15H20ClN3O6. The summed E-state index contributed by atoms with van der Waals surface area (Å²) in [6.07, 6.45) is -1.24. The molecule has 0 aliphatic carbocycles. The van der Waals surface area contributed by atoms with E-state index >= 15 is 0 Å². The maximum atomic E-state index is 12.4. The summed E-state index contributed by atoms with van der Waals surface area (Å²) in [5.74, 6) is -0.251. The van der Waals surface area contributed by atoms with Crippen LogP contribution in [0.4, 0.5) is 21.1 Å². The second-order valence-electron chi connectivity index (χ2n) is 7.05. The molecule has 1 aromatic heterocycles. The van der Waals surface area contributed by atoms with Gasteiger partial charge in [0.2, 0.25) is 0 Å². The molecule has 1 heterocycles. The molecule has 10 heteroatoms. The van der Waals surface area contributed by atoms with Gasteiger partial charge in [-0.2, -0.15) is 4.90 Å². The van der Waals surface area contributed by atoms with Crippen LogP contribution in [0, 0.1) is 10.1 Å². The molecule has 9 nitrogen and oxygen atoms in total. The highest BCUT2D eigenvalue weighted by atomic mass is 35.5. The van der Waals surface area contributed by atoms with Crippen LogP contribution in [-0.2, 0) is 9.47 Å². The largest absolute Gasteiger partial charge is 0.443 e. The molecule has 1 rings (SSSR count). The summed E-state index contributed by atoms with van der Waals surface area (Å²) in [5, 5.41) is 10.5. The maximum absolute atomic E-state index is 12.4. The fourth-order valence-electron chi connectivity index (χ4n) is 1.55. The van der Waals surface area contributed by atoms with Crippen molar-refractivity contribution in [2.24, 2.45) is 0 Å². The molecule has 0 unspecified atom stereocenters. The number of hydrogen-bond donors (Lipinski definition) is 0. The van der Waals surface area contributed by atoms with E-state index in [-0.39, 0.29) is 10.8 Å². The van der Waals surface area contributed by atoms with Crippen LogP contribution >= 0.6 is 11.6 Å². The Labute approximate surface area is 150 Å². The zero-order chi connectivity index (χ0) is 19.6. The van der Waals surface area contributed by atoms with E-state index in [1.807, 2.05) is 0 Å². The summed E-state index contributed by atoms with van der Waals surface area (Å²) >= 11 is 5.83. The van der Waals surface area contributed by atoms with E-state index in [2.05, 4.69) is 4.98 Å². The van der Waals surface area contributed by atoms with E-state index in [1.54, 1.807) is 41.5 Å². The quantitative estimate of drug-likeness (QED) is 0.560. The number of nitrogens with zero attached hydrogens (tertiary/aromatic N) is 3. The Morgan fingerprint density at radius 3 is 1.88 bits per heavy atom. The Balaban J connectivity index is 3.31. The van der Waals surface area contributed by atoms with Crippen molar-refractivity contribution >= 4 is 35.3 Å². The van der Waals surface area contributed by atoms with Crippen LogP contribution in [0.3, 0.4) is 0 Å². The Morgan fingerprint density at radius 2 is 1.56 bits per heavy atom. The van der Waals surface area contributed by atoms with Crippen molar-refractivity contribution < 1.29 is 24.0 Å². The molecule has 0 spiro atoms. The van der Waals surface area contributed by atoms with E-state index in [1.165, 1.54) is 0 Å². The molecule has 0 aliphatic rings. The fourth-order valence-corrected chi connectivity index (χ4v) is 1.76. The topological polar surface area (TPSA) is 112 Å². The number of carbonyl (C=O) groups is 2. The monoisotopic (exact) mass is 373 g/mol. The smallest absolute Gasteiger partial charge is 0.425 e. The van der Waals surface area contributed by atoms with Crippen LogP contribution in [0.15, 0.2) is 12.3 Å². The van der Waals surface area contributed by atoms with E-state index < -0.39 is 34.0 Å². The van der Waals surface area contributed by atoms with Crippen molar-refractivity contribution in [2.45, 2.75) is 52.7 Å². The molecule has 2 amide bonds. The van der Waals surface area contributed by atoms with Crippen molar-refractivity contribution in [3.8, 4) is 0 Å². The third kappa shape index (κ3) is 6.18. The fraction of sp³-hybridized carbons (Fsp3) is 0.533. The van der Waals surface area contributed by atoms with Gasteiger partial charge < -0.3 is 9.47 Å². The van der Waals surface area contributed by atoms with Gasteiger partial charge in [-0.15, -0.1) is 0 Å². The standard InChI is InChI=1S/C15H20ClN3O6/c1-14(2,3)24-12(20)18(13(21)25-15(4,5)6)11-7-9(16)10(8-17-11)19(22)23/h7-8H,1-6H3. The molecule has 0 saturated carbocycles. The minimum atomic E-state index is -1.04. The number of rotatable bonds is 2. The summed E-state index contributed by atoms with van der Waals surface area (Å²) in [6, 6.07) is 1.02. The molecule has 0 bridgehead atoms. The van der Waals surface area contributed by atoms with Crippen LogP contribution in [0.1, 0.15) is 41.5 Å². The number of halogens is 1. The lowest BCUT2D eigenvalue weighted by atomic mass is 10.2. The lowest BCUT2D eigenvalue weighted by Crippen LogP contribution is -2.44. The van der Waals surface area contributed by atoms with E-state index in [4.69, 9.17) is 21.1 Å². The second-order valence-corrected chi connectivity index (χ2v) is 7.45. The zero-order valence-corrected chi connectivity index (χ0v) is 15.6. The van der Waals surface area contributed by atoms with Crippen molar-refractivity contribution in [1.82, 2.24) is 4.98 Å². The maximum Gasteiger partial charge on any atom is 0.425 e. The normalized spacial score (nSPS) is 11.6. The van der Waals surface area contributed by atoms with Crippen LogP contribution < -0.4 is 4.90 Å². The van der Waals surface area contributed by atoms with Crippen molar-refractivity contribution in [3.05, 3.63) is 27.4 Å². The molecule has 0 N–H and O–H groups in total. The first-order valence-electron chi connectivity index (χ1n) is 7.27. The molecule has 0 radical (unpaired) electrons. The molecular weight excluding hydrogens is 354 g/mol. The van der Waals surface area contributed by atoms with Crippen molar-refractivity contribution in [1.29, 1.82) is 0 Å². The first-order valence-corrected chi connectivity index (χ1v) is 7.65. The second kappa shape index (κ2) is 7.22. The van der Waals surface area contributed by atoms with Crippen LogP contribution in [-0.4, -0.2) is 33.3 Å². The number of nitro groups is 1. The molecule has 0 saturated heterocycles. The zero-order valence-electron chi connectivity index (χ0n) is 14.8. The average Bonchev–Trinajstić information content (AvgIpc) is 2.33. The van der Waals surface area contributed by atoms with Gasteiger partial charge in [0.15, 0.2) is 5.82 Å². The van der Waals surface area contributed by atoms with Crippen LogP contribution in [0.25, 0.3) is 0 Å². The SMILES string of the molecule is CC(C)(C)OC(=O)N(C(=O)OC(C)(C)C)c1cc(Cl)c([N+](=O)[O-])cn1. The number of hydrogen-bond acceptors (Lipinski definition) is 7. The van der Waals surface area contributed by atoms with Gasteiger partial charge in [0.1, 0.15) is 22.4 Å². The third-order valence-electron chi connectivity index (χ3n) is 2.40. The minimum absolute atomic E-state index is 0.251. The summed E-state index contributed by atoms with van der Waals surface area (Å²) < 4.78 is 10.4. The molecule has 25 heavy (non-hydrogen) atoms. The summed E-state index contributed by atoms with van der Waals surface area (Å²) in [4.78, 5) is 39.2. The van der Waals surface area contributed by atoms with Crippen LogP contribution in [0.2, 0.25) is 5.02 Å². The number of pyridine rings is 1. The average molecular weight is 374 g/mol. The highest BCUT2D eigenvalue weighted by Crippen LogP contribution is 2.28. The number of carbonyl (C=O) groups excluding carboxylic acids is 2. The molecule has 138 valence electrons. The van der Waals surface area contributed by atoms with Gasteiger partial charge in [0.25, 0.3) is 0 Å². The van der Waals surface area contributed by atoms with Gasteiger partial charge in [-0.3, -0.25) is 10.1 Å². The number of anilines is 1. The molecule has 0 aliphatic heterocycles. The molecule has 0 aromatic carbocycles. The molecule has 1 aromatic rings. The van der Waals surface area contributed by atoms with Gasteiger partial charge in [-0.05, 0) is 41.5 Å². The van der Waals surface area contributed by atoms with E-state index in [0.717, 1.165) is 12.3 Å². The number of amides is 2. The van der Waals surface area contributed by atoms with Crippen molar-refractivity contribution in [2.75, 3.05) is 4.90 Å². The third-order valence-corrected chi connectivity index (χ3v) is 2.70. The lowest BCUT2D eigenvalue weighted by Gasteiger charge is -2.28. The minimum Gasteiger partial charge on any atom is -0.443 e. The molecule has 0 atom stereocenters. The predicted octanol–water partition coefficient (Wildman–Crippen LogP) is 4.32. The number of aromatic nitrogens is 1. The number of ether oxygens (including phenoxy) is 2. The van der Waals surface area contributed by atoms with Gasteiger partial charge in [-0.1, -0.05) is 11.6 Å². The highest BCUT2D eigenvalue weighted by Gasteiger charge is 2.34. The van der Waals surface area contributed by atoms with Crippen molar-refractivity contribution in [3.63, 3.8) is 0 Å². The lowest BCUT2D eigenvalue weighted by molar-refractivity contribution is -0.385. The first-order chi connectivity index (χ1) is 11.2. The first kappa shape index (κ1) is 20.6.